The summed E-state index contributed by atoms with van der Waals surface area (Å²) in [7, 11) is 2.11. The molecule has 1 aliphatic rings. The number of fused-ring (bicyclic) bond motifs is 1. The van der Waals surface area contributed by atoms with Gasteiger partial charge in [0.1, 0.15) is 17.5 Å². The number of hydrogen-bond donors (Lipinski definition) is 3. The van der Waals surface area contributed by atoms with Crippen molar-refractivity contribution in [1.29, 1.82) is 0 Å². The number of rotatable bonds is 4. The smallest absolute Gasteiger partial charge is 0.200 e. The van der Waals surface area contributed by atoms with E-state index in [9.17, 15) is 13.9 Å². The highest BCUT2D eigenvalue weighted by Gasteiger charge is 2.19. The fourth-order valence-corrected chi connectivity index (χ4v) is 3.95. The second-order valence-corrected chi connectivity index (χ2v) is 7.87. The summed E-state index contributed by atoms with van der Waals surface area (Å²) in [6.07, 6.45) is 3.28. The van der Waals surface area contributed by atoms with E-state index >= 15 is 0 Å². The first kappa shape index (κ1) is 20.2. The van der Waals surface area contributed by atoms with E-state index in [1.807, 2.05) is 12.1 Å². The van der Waals surface area contributed by atoms with E-state index < -0.39 is 11.6 Å². The van der Waals surface area contributed by atoms with Crippen LogP contribution >= 0.6 is 0 Å². The molecule has 32 heavy (non-hydrogen) atoms. The lowest BCUT2D eigenvalue weighted by Gasteiger charge is -2.33. The molecular weight excluding hydrogens is 414 g/mol. The van der Waals surface area contributed by atoms with Crippen LogP contribution in [0.5, 0.6) is 5.88 Å². The highest BCUT2D eigenvalue weighted by Crippen LogP contribution is 2.36. The standard InChI is InChI=1S/C23H22F2N6O/c1-30-7-9-31(10-8-30)14-5-6-20(26-12-14)29-18-11-17(21-15(24)3-2-4-16(21)25)28-19-13-27-23(32)22(18)19/h2-6,11-13,27,32H,7-10H2,1H3,(H,26,29). The third-order valence-corrected chi connectivity index (χ3v) is 5.73. The van der Waals surface area contributed by atoms with Gasteiger partial charge in [0.05, 0.1) is 39.7 Å². The SMILES string of the molecule is CN1CCN(c2ccc(Nc3cc(-c4c(F)cccc4F)nc4c[nH]c(O)c34)nc2)CC1. The van der Waals surface area contributed by atoms with E-state index in [2.05, 4.69) is 37.1 Å². The Balaban J connectivity index is 1.49. The molecule has 3 aromatic heterocycles. The van der Waals surface area contributed by atoms with Gasteiger partial charge in [-0.25, -0.2) is 18.7 Å². The van der Waals surface area contributed by atoms with E-state index in [4.69, 9.17) is 0 Å². The van der Waals surface area contributed by atoms with Crippen LogP contribution < -0.4 is 10.2 Å². The van der Waals surface area contributed by atoms with Crippen molar-refractivity contribution in [2.45, 2.75) is 0 Å². The highest BCUT2D eigenvalue weighted by molar-refractivity contribution is 5.99. The van der Waals surface area contributed by atoms with Gasteiger partial charge in [-0.1, -0.05) is 6.07 Å². The minimum atomic E-state index is -0.711. The van der Waals surface area contributed by atoms with E-state index in [1.54, 1.807) is 6.20 Å². The maximum Gasteiger partial charge on any atom is 0.200 e. The molecule has 4 heterocycles. The van der Waals surface area contributed by atoms with Crippen LogP contribution in [0, 0.1) is 11.6 Å². The van der Waals surface area contributed by atoms with Crippen molar-refractivity contribution in [2.75, 3.05) is 43.4 Å². The molecule has 1 saturated heterocycles. The Bertz CT molecular complexity index is 1250. The molecule has 0 radical (unpaired) electrons. The number of nitrogens with zero attached hydrogens (tertiary/aromatic N) is 4. The number of pyridine rings is 2. The molecule has 5 rings (SSSR count). The van der Waals surface area contributed by atoms with Gasteiger partial charge in [-0.15, -0.1) is 0 Å². The maximum absolute atomic E-state index is 14.4. The summed E-state index contributed by atoms with van der Waals surface area (Å²) in [6, 6.07) is 9.00. The molecule has 1 fully saturated rings. The Hall–Kier alpha value is -3.72. The summed E-state index contributed by atoms with van der Waals surface area (Å²) in [4.78, 5) is 16.1. The molecule has 7 nitrogen and oxygen atoms in total. The Morgan fingerprint density at radius 1 is 1.06 bits per heavy atom. The van der Waals surface area contributed by atoms with Gasteiger partial charge >= 0.3 is 0 Å². The number of hydrogen-bond acceptors (Lipinski definition) is 6. The number of benzene rings is 1. The van der Waals surface area contributed by atoms with Gasteiger partial charge in [0.25, 0.3) is 0 Å². The molecule has 0 bridgehead atoms. The monoisotopic (exact) mass is 436 g/mol. The summed E-state index contributed by atoms with van der Waals surface area (Å²) >= 11 is 0. The molecule has 0 amide bonds. The third kappa shape index (κ3) is 3.71. The lowest BCUT2D eigenvalue weighted by atomic mass is 10.1. The zero-order valence-electron chi connectivity index (χ0n) is 17.4. The average Bonchev–Trinajstić information content (AvgIpc) is 3.16. The van der Waals surface area contributed by atoms with Gasteiger partial charge in [0, 0.05) is 32.4 Å². The van der Waals surface area contributed by atoms with E-state index in [0.29, 0.717) is 22.4 Å². The predicted molar refractivity (Wildman–Crippen MR) is 120 cm³/mol. The molecule has 1 aliphatic heterocycles. The molecule has 164 valence electrons. The van der Waals surface area contributed by atoms with Crippen LogP contribution in [-0.4, -0.2) is 58.2 Å². The first-order valence-corrected chi connectivity index (χ1v) is 10.3. The topological polar surface area (TPSA) is 80.3 Å². The van der Waals surface area contributed by atoms with Gasteiger partial charge in [-0.3, -0.25) is 0 Å². The van der Waals surface area contributed by atoms with Crippen LogP contribution in [0.15, 0.2) is 48.8 Å². The van der Waals surface area contributed by atoms with Crippen molar-refractivity contribution < 1.29 is 13.9 Å². The molecule has 0 unspecified atom stereocenters. The molecular formula is C23H22F2N6O. The molecule has 9 heteroatoms. The summed E-state index contributed by atoms with van der Waals surface area (Å²) in [6.45, 7) is 3.86. The Kier molecular flexibility index (Phi) is 5.10. The Morgan fingerprint density at radius 3 is 2.50 bits per heavy atom. The molecule has 0 spiro atoms. The lowest BCUT2D eigenvalue weighted by Crippen LogP contribution is -2.44. The summed E-state index contributed by atoms with van der Waals surface area (Å²) in [5, 5.41) is 13.8. The van der Waals surface area contributed by atoms with Crippen LogP contribution in [0.1, 0.15) is 0 Å². The zero-order chi connectivity index (χ0) is 22.2. The van der Waals surface area contributed by atoms with Gasteiger partial charge in [-0.05, 0) is 37.4 Å². The van der Waals surface area contributed by atoms with Crippen molar-refractivity contribution in [2.24, 2.45) is 0 Å². The summed E-state index contributed by atoms with van der Waals surface area (Å²) < 4.78 is 28.7. The number of halogens is 2. The highest BCUT2D eigenvalue weighted by atomic mass is 19.1. The second kappa shape index (κ2) is 8.08. The fourth-order valence-electron chi connectivity index (χ4n) is 3.95. The van der Waals surface area contributed by atoms with Crippen LogP contribution in [0.4, 0.5) is 26.0 Å². The number of aromatic amines is 1. The van der Waals surface area contributed by atoms with Crippen LogP contribution in [0.2, 0.25) is 0 Å². The van der Waals surface area contributed by atoms with Crippen LogP contribution in [0.3, 0.4) is 0 Å². The molecule has 0 saturated carbocycles. The predicted octanol–water partition coefficient (Wildman–Crippen LogP) is 4.10. The van der Waals surface area contributed by atoms with E-state index in [0.717, 1.165) is 31.9 Å². The quantitative estimate of drug-likeness (QED) is 0.447. The lowest BCUT2D eigenvalue weighted by molar-refractivity contribution is 0.313. The van der Waals surface area contributed by atoms with Gasteiger partial charge in [0.2, 0.25) is 0 Å². The number of likely N-dealkylation sites (N-methyl/N-ethyl adjacent to an activating group) is 1. The normalized spacial score (nSPS) is 14.8. The Morgan fingerprint density at radius 2 is 1.81 bits per heavy atom. The molecule has 0 atom stereocenters. The molecule has 3 N–H and O–H groups in total. The number of aromatic hydroxyl groups is 1. The Labute approximate surface area is 183 Å². The number of nitrogens with one attached hydrogen (secondary N) is 2. The largest absolute Gasteiger partial charge is 0.494 e. The van der Waals surface area contributed by atoms with E-state index in [-0.39, 0.29) is 17.1 Å². The minimum Gasteiger partial charge on any atom is -0.494 e. The second-order valence-electron chi connectivity index (χ2n) is 7.87. The van der Waals surface area contributed by atoms with Crippen molar-refractivity contribution >= 4 is 28.1 Å². The number of aromatic nitrogens is 3. The molecule has 1 aromatic carbocycles. The number of piperazine rings is 1. The van der Waals surface area contributed by atoms with Crippen LogP contribution in [-0.2, 0) is 0 Å². The number of H-pyrrole nitrogens is 1. The number of anilines is 3. The van der Waals surface area contributed by atoms with Crippen molar-refractivity contribution in [3.8, 4) is 17.1 Å². The van der Waals surface area contributed by atoms with Crippen molar-refractivity contribution in [3.05, 3.63) is 60.4 Å². The zero-order valence-corrected chi connectivity index (χ0v) is 17.4. The first-order chi connectivity index (χ1) is 15.5. The average molecular weight is 436 g/mol. The summed E-state index contributed by atoms with van der Waals surface area (Å²) in [5.74, 6) is -0.977. The summed E-state index contributed by atoms with van der Waals surface area (Å²) in [5.41, 5.74) is 1.73. The molecule has 0 aliphatic carbocycles. The van der Waals surface area contributed by atoms with Gasteiger partial charge in [0.15, 0.2) is 5.88 Å². The minimum absolute atomic E-state index is 0.0930. The van der Waals surface area contributed by atoms with Crippen molar-refractivity contribution in [1.82, 2.24) is 19.9 Å². The fraction of sp³-hybridized carbons (Fsp3) is 0.217. The van der Waals surface area contributed by atoms with E-state index in [1.165, 1.54) is 30.5 Å². The van der Waals surface area contributed by atoms with Crippen LogP contribution in [0.25, 0.3) is 22.2 Å². The first-order valence-electron chi connectivity index (χ1n) is 10.3. The maximum atomic E-state index is 14.4. The van der Waals surface area contributed by atoms with Gasteiger partial charge < -0.3 is 25.2 Å². The van der Waals surface area contributed by atoms with Crippen molar-refractivity contribution in [3.63, 3.8) is 0 Å². The third-order valence-electron chi connectivity index (χ3n) is 5.73. The van der Waals surface area contributed by atoms with Gasteiger partial charge in [-0.2, -0.15) is 0 Å². The molecule has 4 aromatic rings.